The lowest BCUT2D eigenvalue weighted by atomic mass is 10.2. The minimum atomic E-state index is -0.565. The lowest BCUT2D eigenvalue weighted by Crippen LogP contribution is -2.45. The third-order valence-electron chi connectivity index (χ3n) is 5.52. The number of rotatable bonds is 13. The highest BCUT2D eigenvalue weighted by Gasteiger charge is 2.20. The monoisotopic (exact) mass is 520 g/mol. The predicted molar refractivity (Wildman–Crippen MR) is 152 cm³/mol. The third kappa shape index (κ3) is 10.6. The molecule has 3 N–H and O–H groups in total. The van der Waals surface area contributed by atoms with E-state index in [0.29, 0.717) is 37.7 Å². The molecule has 2 amide bonds. The zero-order valence-corrected chi connectivity index (χ0v) is 23.3. The first kappa shape index (κ1) is 30.3. The largest absolute Gasteiger partial charge is 0.369 e. The highest BCUT2D eigenvalue weighted by molar-refractivity contribution is 5.92. The number of hydrogen-bond donors (Lipinski definition) is 3. The van der Waals surface area contributed by atoms with E-state index in [1.54, 1.807) is 32.4 Å². The fourth-order valence-electron chi connectivity index (χ4n) is 3.21. The zero-order chi connectivity index (χ0) is 27.9. The standard InChI is InChI=1S/C28H40N8O2/c1-7-15-30-26-23(20-32-28(34-26)33-24-14-17-29-21(2)19-24)12-9-8-10-16-31-27(38)22(3)36(6)25(37)13-11-18-35(4)5/h11,13-14,17,19-20,22H,7-8,10,15-16,18H2,1-6H3,(H,31,38)(H2,29,30,32,33,34)/t22-/m0/s1. The molecule has 0 saturated heterocycles. The Hall–Kier alpha value is -3.97. The highest BCUT2D eigenvalue weighted by atomic mass is 16.2. The molecule has 10 heteroatoms. The van der Waals surface area contributed by atoms with Gasteiger partial charge in [0, 0.05) is 56.8 Å². The summed E-state index contributed by atoms with van der Waals surface area (Å²) in [7, 11) is 5.48. The molecule has 0 fully saturated rings. The normalized spacial score (nSPS) is 11.6. The first-order valence-corrected chi connectivity index (χ1v) is 12.9. The fourth-order valence-corrected chi connectivity index (χ4v) is 3.21. The van der Waals surface area contributed by atoms with Crippen LogP contribution in [0.5, 0.6) is 0 Å². The number of anilines is 3. The summed E-state index contributed by atoms with van der Waals surface area (Å²) in [5.74, 6) is 7.05. The lowest BCUT2D eigenvalue weighted by Gasteiger charge is -2.23. The van der Waals surface area contributed by atoms with Gasteiger partial charge in [-0.05, 0) is 52.9 Å². The molecule has 2 heterocycles. The molecule has 0 aliphatic heterocycles. The number of amides is 2. The molecule has 0 bridgehead atoms. The van der Waals surface area contributed by atoms with Crippen molar-refractivity contribution in [1.29, 1.82) is 0 Å². The molecule has 2 rings (SSSR count). The van der Waals surface area contributed by atoms with Gasteiger partial charge in [-0.2, -0.15) is 4.98 Å². The minimum absolute atomic E-state index is 0.193. The molecule has 0 aliphatic carbocycles. The second kappa shape index (κ2) is 16.0. The van der Waals surface area contributed by atoms with Crippen molar-refractivity contribution < 1.29 is 9.59 Å². The van der Waals surface area contributed by atoms with Gasteiger partial charge in [-0.3, -0.25) is 14.6 Å². The van der Waals surface area contributed by atoms with Gasteiger partial charge < -0.3 is 25.8 Å². The quantitative estimate of drug-likeness (QED) is 0.210. The SMILES string of the molecule is CCCNc1nc(Nc2ccnc(C)c2)ncc1C#CCCCNC(=O)[C@H](C)N(C)C(=O)C=CCN(C)C. The summed E-state index contributed by atoms with van der Waals surface area (Å²) in [5, 5.41) is 9.40. The summed E-state index contributed by atoms with van der Waals surface area (Å²) in [5.41, 5.74) is 2.49. The lowest BCUT2D eigenvalue weighted by molar-refractivity contribution is -0.135. The summed E-state index contributed by atoms with van der Waals surface area (Å²) in [6.45, 7) is 7.63. The van der Waals surface area contributed by atoms with E-state index < -0.39 is 6.04 Å². The Kier molecular flexibility index (Phi) is 12.7. The number of nitrogens with one attached hydrogen (secondary N) is 3. The van der Waals surface area contributed by atoms with Crippen LogP contribution in [0.4, 0.5) is 17.5 Å². The van der Waals surface area contributed by atoms with Crippen molar-refractivity contribution in [2.24, 2.45) is 0 Å². The summed E-state index contributed by atoms with van der Waals surface area (Å²) in [6.07, 6.45) is 8.95. The van der Waals surface area contributed by atoms with Gasteiger partial charge in [-0.25, -0.2) is 4.98 Å². The second-order valence-corrected chi connectivity index (χ2v) is 9.18. The predicted octanol–water partition coefficient (Wildman–Crippen LogP) is 2.96. The van der Waals surface area contributed by atoms with Crippen LogP contribution in [0.25, 0.3) is 0 Å². The first-order valence-electron chi connectivity index (χ1n) is 12.9. The Morgan fingerprint density at radius 3 is 2.68 bits per heavy atom. The van der Waals surface area contributed by atoms with Gasteiger partial charge in [0.05, 0.1) is 11.8 Å². The van der Waals surface area contributed by atoms with Crippen molar-refractivity contribution in [3.63, 3.8) is 0 Å². The maximum atomic E-state index is 12.4. The van der Waals surface area contributed by atoms with Crippen LogP contribution in [0.1, 0.15) is 44.4 Å². The summed E-state index contributed by atoms with van der Waals surface area (Å²) < 4.78 is 0. The van der Waals surface area contributed by atoms with Crippen LogP contribution in [0, 0.1) is 18.8 Å². The minimum Gasteiger partial charge on any atom is -0.369 e. The summed E-state index contributed by atoms with van der Waals surface area (Å²) in [6, 6.07) is 3.22. The molecule has 38 heavy (non-hydrogen) atoms. The molecule has 0 saturated carbocycles. The maximum absolute atomic E-state index is 12.4. The Bertz CT molecular complexity index is 1150. The van der Waals surface area contributed by atoms with Crippen LogP contribution in [-0.4, -0.2) is 83.4 Å². The number of aryl methyl sites for hydroxylation is 1. The Morgan fingerprint density at radius 1 is 1.18 bits per heavy atom. The molecule has 0 aliphatic rings. The smallest absolute Gasteiger partial charge is 0.246 e. The van der Waals surface area contributed by atoms with Gasteiger partial charge in [-0.1, -0.05) is 24.8 Å². The number of aromatic nitrogens is 3. The van der Waals surface area contributed by atoms with E-state index in [-0.39, 0.29) is 11.8 Å². The Labute approximate surface area is 226 Å². The van der Waals surface area contributed by atoms with Gasteiger partial charge in [0.15, 0.2) is 0 Å². The molecule has 0 aromatic carbocycles. The van der Waals surface area contributed by atoms with E-state index in [2.05, 4.69) is 49.7 Å². The van der Waals surface area contributed by atoms with Crippen molar-refractivity contribution >= 4 is 29.3 Å². The van der Waals surface area contributed by atoms with Crippen molar-refractivity contribution in [3.8, 4) is 11.8 Å². The molecule has 1 atom stereocenters. The Balaban J connectivity index is 1.87. The van der Waals surface area contributed by atoms with Gasteiger partial charge in [0.25, 0.3) is 0 Å². The molecule has 2 aromatic heterocycles. The van der Waals surface area contributed by atoms with Crippen LogP contribution < -0.4 is 16.0 Å². The van der Waals surface area contributed by atoms with E-state index in [9.17, 15) is 9.59 Å². The number of likely N-dealkylation sites (N-methyl/N-ethyl adjacent to an activating group) is 2. The third-order valence-corrected chi connectivity index (χ3v) is 5.52. The molecular formula is C28H40N8O2. The fraction of sp³-hybridized carbons (Fsp3) is 0.464. The molecule has 10 nitrogen and oxygen atoms in total. The number of unbranched alkanes of at least 4 members (excludes halogenated alkanes) is 1. The number of hydrogen-bond acceptors (Lipinski definition) is 8. The number of nitrogens with zero attached hydrogens (tertiary/aromatic N) is 5. The Morgan fingerprint density at radius 2 is 1.97 bits per heavy atom. The van der Waals surface area contributed by atoms with Crippen LogP contribution in [0.2, 0.25) is 0 Å². The molecule has 0 radical (unpaired) electrons. The van der Waals surface area contributed by atoms with Crippen molar-refractivity contribution in [3.05, 3.63) is 47.9 Å². The molecule has 0 spiro atoms. The topological polar surface area (TPSA) is 115 Å². The van der Waals surface area contributed by atoms with Crippen molar-refractivity contribution in [1.82, 2.24) is 30.1 Å². The van der Waals surface area contributed by atoms with E-state index in [0.717, 1.165) is 29.9 Å². The highest BCUT2D eigenvalue weighted by Crippen LogP contribution is 2.17. The number of pyridine rings is 1. The van der Waals surface area contributed by atoms with Crippen LogP contribution in [0.15, 0.2) is 36.7 Å². The van der Waals surface area contributed by atoms with E-state index in [1.165, 1.54) is 11.0 Å². The van der Waals surface area contributed by atoms with Gasteiger partial charge >= 0.3 is 0 Å². The van der Waals surface area contributed by atoms with Crippen LogP contribution >= 0.6 is 0 Å². The van der Waals surface area contributed by atoms with Crippen LogP contribution in [0.3, 0.4) is 0 Å². The number of carbonyl (C=O) groups is 2. The van der Waals surface area contributed by atoms with Gasteiger partial charge in [0.2, 0.25) is 17.8 Å². The second-order valence-electron chi connectivity index (χ2n) is 9.18. The summed E-state index contributed by atoms with van der Waals surface area (Å²) in [4.78, 5) is 41.3. The molecule has 0 unspecified atom stereocenters. The molecule has 2 aromatic rings. The average Bonchev–Trinajstić information content (AvgIpc) is 2.88. The van der Waals surface area contributed by atoms with Gasteiger partial charge in [-0.15, -0.1) is 0 Å². The average molecular weight is 521 g/mol. The summed E-state index contributed by atoms with van der Waals surface area (Å²) >= 11 is 0. The van der Waals surface area contributed by atoms with Gasteiger partial charge in [0.1, 0.15) is 11.9 Å². The van der Waals surface area contributed by atoms with E-state index in [1.807, 2.05) is 38.1 Å². The van der Waals surface area contributed by atoms with E-state index in [4.69, 9.17) is 0 Å². The number of carbonyl (C=O) groups excluding carboxylic acids is 2. The van der Waals surface area contributed by atoms with Crippen molar-refractivity contribution in [2.75, 3.05) is 51.4 Å². The van der Waals surface area contributed by atoms with Crippen LogP contribution in [-0.2, 0) is 9.59 Å². The maximum Gasteiger partial charge on any atom is 0.246 e. The molecule has 204 valence electrons. The zero-order valence-electron chi connectivity index (χ0n) is 23.3. The first-order chi connectivity index (χ1) is 18.2. The van der Waals surface area contributed by atoms with E-state index >= 15 is 0 Å². The van der Waals surface area contributed by atoms with Crippen molar-refractivity contribution in [2.45, 2.75) is 46.1 Å². The molecular weight excluding hydrogens is 480 g/mol.